The van der Waals surface area contributed by atoms with Gasteiger partial charge in [0.2, 0.25) is 0 Å². The molecule has 1 fully saturated rings. The largest absolute Gasteiger partial charge is 0.399 e. The average molecular weight is 218 g/mol. The minimum Gasteiger partial charge on any atom is -0.399 e. The number of rotatable bonds is 2. The molecule has 2 nitrogen and oxygen atoms in total. The van der Waals surface area contributed by atoms with E-state index in [1.807, 2.05) is 6.07 Å². The smallest absolute Gasteiger partial charge is 0.0343 e. The summed E-state index contributed by atoms with van der Waals surface area (Å²) in [7, 11) is 0. The molecule has 0 saturated heterocycles. The Morgan fingerprint density at radius 3 is 2.50 bits per heavy atom. The van der Waals surface area contributed by atoms with Gasteiger partial charge in [-0.25, -0.2) is 0 Å². The summed E-state index contributed by atoms with van der Waals surface area (Å²) < 4.78 is 0. The normalized spacial score (nSPS) is 25.6. The second-order valence-corrected chi connectivity index (χ2v) is 5.18. The van der Waals surface area contributed by atoms with Crippen LogP contribution in [0.4, 0.5) is 5.69 Å². The molecule has 0 radical (unpaired) electrons. The Balaban J connectivity index is 1.96. The maximum absolute atomic E-state index is 5.92. The van der Waals surface area contributed by atoms with Gasteiger partial charge < -0.3 is 11.5 Å². The third kappa shape index (κ3) is 2.76. The Bertz CT molecular complexity index is 352. The van der Waals surface area contributed by atoms with Crippen molar-refractivity contribution in [3.05, 3.63) is 29.3 Å². The molecule has 1 aliphatic rings. The maximum Gasteiger partial charge on any atom is 0.0343 e. The van der Waals surface area contributed by atoms with Gasteiger partial charge in [0.05, 0.1) is 0 Å². The fourth-order valence-electron chi connectivity index (χ4n) is 2.59. The van der Waals surface area contributed by atoms with Crippen LogP contribution < -0.4 is 11.5 Å². The average Bonchev–Trinajstić information content (AvgIpc) is 2.27. The molecule has 0 amide bonds. The van der Waals surface area contributed by atoms with E-state index in [0.717, 1.165) is 11.6 Å². The van der Waals surface area contributed by atoms with E-state index >= 15 is 0 Å². The molecule has 2 rings (SSSR count). The predicted octanol–water partition coefficient (Wildman–Crippen LogP) is 2.64. The maximum atomic E-state index is 5.92. The molecule has 0 atom stereocenters. The zero-order valence-electron chi connectivity index (χ0n) is 10.1. The van der Waals surface area contributed by atoms with E-state index in [9.17, 15) is 0 Å². The monoisotopic (exact) mass is 218 g/mol. The lowest BCUT2D eigenvalue weighted by molar-refractivity contribution is 0.325. The Morgan fingerprint density at radius 2 is 1.88 bits per heavy atom. The molecule has 1 saturated carbocycles. The Kier molecular flexibility index (Phi) is 3.49. The summed E-state index contributed by atoms with van der Waals surface area (Å²) in [4.78, 5) is 0. The van der Waals surface area contributed by atoms with E-state index in [1.54, 1.807) is 0 Å². The number of nitrogens with two attached hydrogens (primary N) is 2. The van der Waals surface area contributed by atoms with Crippen molar-refractivity contribution in [1.82, 2.24) is 0 Å². The van der Waals surface area contributed by atoms with Gasteiger partial charge in [-0.05, 0) is 62.1 Å². The highest BCUT2D eigenvalue weighted by molar-refractivity contribution is 5.47. The quantitative estimate of drug-likeness (QED) is 0.750. The molecule has 0 spiro atoms. The van der Waals surface area contributed by atoms with Crippen molar-refractivity contribution in [1.29, 1.82) is 0 Å². The zero-order chi connectivity index (χ0) is 11.5. The van der Waals surface area contributed by atoms with Gasteiger partial charge in [0.1, 0.15) is 0 Å². The molecule has 0 bridgehead atoms. The molecular weight excluding hydrogens is 196 g/mol. The first kappa shape index (κ1) is 11.5. The van der Waals surface area contributed by atoms with Crippen LogP contribution in [-0.2, 0) is 6.42 Å². The molecule has 0 aromatic heterocycles. The first-order chi connectivity index (χ1) is 7.65. The summed E-state index contributed by atoms with van der Waals surface area (Å²) in [6, 6.07) is 6.87. The van der Waals surface area contributed by atoms with Crippen molar-refractivity contribution in [3.63, 3.8) is 0 Å². The molecular formula is C14H22N2. The van der Waals surface area contributed by atoms with Crippen LogP contribution >= 0.6 is 0 Å². The fourth-order valence-corrected chi connectivity index (χ4v) is 2.59. The van der Waals surface area contributed by atoms with Gasteiger partial charge in [0.25, 0.3) is 0 Å². The highest BCUT2D eigenvalue weighted by atomic mass is 14.6. The predicted molar refractivity (Wildman–Crippen MR) is 69.2 cm³/mol. The van der Waals surface area contributed by atoms with Crippen molar-refractivity contribution < 1.29 is 0 Å². The van der Waals surface area contributed by atoms with Gasteiger partial charge in [-0.2, -0.15) is 0 Å². The van der Waals surface area contributed by atoms with Crippen LogP contribution in [-0.4, -0.2) is 6.04 Å². The first-order valence-corrected chi connectivity index (χ1v) is 6.25. The summed E-state index contributed by atoms with van der Waals surface area (Å²) in [6.45, 7) is 2.08. The second-order valence-electron chi connectivity index (χ2n) is 5.18. The van der Waals surface area contributed by atoms with Gasteiger partial charge in [-0.1, -0.05) is 12.1 Å². The summed E-state index contributed by atoms with van der Waals surface area (Å²) in [5.74, 6) is 0.822. The number of anilines is 1. The van der Waals surface area contributed by atoms with Crippen LogP contribution in [0.5, 0.6) is 0 Å². The highest BCUT2D eigenvalue weighted by Crippen LogP contribution is 2.27. The van der Waals surface area contributed by atoms with Crippen LogP contribution in [0.3, 0.4) is 0 Å². The summed E-state index contributed by atoms with van der Waals surface area (Å²) in [5.41, 5.74) is 15.3. The number of nitrogen functional groups attached to an aromatic ring is 1. The molecule has 0 heterocycles. The third-order valence-electron chi connectivity index (χ3n) is 3.75. The van der Waals surface area contributed by atoms with Gasteiger partial charge in [0, 0.05) is 11.7 Å². The number of aryl methyl sites for hydroxylation is 1. The molecule has 88 valence electrons. The van der Waals surface area contributed by atoms with Crippen LogP contribution in [0, 0.1) is 12.8 Å². The highest BCUT2D eigenvalue weighted by Gasteiger charge is 2.18. The third-order valence-corrected chi connectivity index (χ3v) is 3.75. The van der Waals surface area contributed by atoms with E-state index in [0.29, 0.717) is 6.04 Å². The summed E-state index contributed by atoms with van der Waals surface area (Å²) >= 11 is 0. The Hall–Kier alpha value is -1.02. The van der Waals surface area contributed by atoms with Crippen LogP contribution in [0.2, 0.25) is 0 Å². The molecule has 1 aromatic carbocycles. The summed E-state index contributed by atoms with van der Waals surface area (Å²) in [6.07, 6.45) is 6.14. The van der Waals surface area contributed by atoms with Crippen LogP contribution in [0.1, 0.15) is 36.8 Å². The molecule has 2 heteroatoms. The minimum atomic E-state index is 0.449. The summed E-state index contributed by atoms with van der Waals surface area (Å²) in [5, 5.41) is 0. The minimum absolute atomic E-state index is 0.449. The standard InChI is InChI=1S/C14H22N2/c1-10-8-12(4-7-14(10)16)9-11-2-5-13(15)6-3-11/h4,7-8,11,13H,2-3,5-6,9,15-16H2,1H3. The van der Waals surface area contributed by atoms with Crippen molar-refractivity contribution >= 4 is 5.69 Å². The van der Waals surface area contributed by atoms with Crippen molar-refractivity contribution in [2.45, 2.75) is 45.1 Å². The molecule has 4 N–H and O–H groups in total. The zero-order valence-corrected chi connectivity index (χ0v) is 10.1. The van der Waals surface area contributed by atoms with Crippen molar-refractivity contribution in [2.75, 3.05) is 5.73 Å². The number of hydrogen-bond donors (Lipinski definition) is 2. The van der Waals surface area contributed by atoms with E-state index in [1.165, 1.54) is 43.2 Å². The van der Waals surface area contributed by atoms with Crippen LogP contribution in [0.25, 0.3) is 0 Å². The van der Waals surface area contributed by atoms with E-state index < -0.39 is 0 Å². The molecule has 0 unspecified atom stereocenters. The van der Waals surface area contributed by atoms with E-state index in [2.05, 4.69) is 19.1 Å². The SMILES string of the molecule is Cc1cc(CC2CCC(N)CC2)ccc1N. The molecule has 1 aliphatic carbocycles. The number of hydrogen-bond acceptors (Lipinski definition) is 2. The molecule has 16 heavy (non-hydrogen) atoms. The van der Waals surface area contributed by atoms with Gasteiger partial charge >= 0.3 is 0 Å². The van der Waals surface area contributed by atoms with E-state index in [4.69, 9.17) is 11.5 Å². The van der Waals surface area contributed by atoms with Crippen molar-refractivity contribution in [2.24, 2.45) is 11.7 Å². The molecule has 0 aliphatic heterocycles. The van der Waals surface area contributed by atoms with Crippen LogP contribution in [0.15, 0.2) is 18.2 Å². The lowest BCUT2D eigenvalue weighted by atomic mass is 9.82. The van der Waals surface area contributed by atoms with E-state index in [-0.39, 0.29) is 0 Å². The second kappa shape index (κ2) is 4.88. The molecule has 1 aromatic rings. The Labute approximate surface area is 98.0 Å². The van der Waals surface area contributed by atoms with Gasteiger partial charge in [-0.3, -0.25) is 0 Å². The number of benzene rings is 1. The van der Waals surface area contributed by atoms with Gasteiger partial charge in [-0.15, -0.1) is 0 Å². The lowest BCUT2D eigenvalue weighted by Crippen LogP contribution is -2.27. The van der Waals surface area contributed by atoms with Crippen molar-refractivity contribution in [3.8, 4) is 0 Å². The first-order valence-electron chi connectivity index (χ1n) is 6.25. The Morgan fingerprint density at radius 1 is 1.19 bits per heavy atom. The topological polar surface area (TPSA) is 52.0 Å². The lowest BCUT2D eigenvalue weighted by Gasteiger charge is -2.26. The fraction of sp³-hybridized carbons (Fsp3) is 0.571. The van der Waals surface area contributed by atoms with Gasteiger partial charge in [0.15, 0.2) is 0 Å².